The molecule has 2 N–H and O–H groups in total. The summed E-state index contributed by atoms with van der Waals surface area (Å²) >= 11 is 0. The summed E-state index contributed by atoms with van der Waals surface area (Å²) in [6, 6.07) is 15.4. The van der Waals surface area contributed by atoms with Crippen LogP contribution in [-0.2, 0) is 20.9 Å². The van der Waals surface area contributed by atoms with Crippen LogP contribution in [0.5, 0.6) is 0 Å². The van der Waals surface area contributed by atoms with Crippen molar-refractivity contribution in [3.8, 4) is 0 Å². The van der Waals surface area contributed by atoms with E-state index >= 15 is 0 Å². The highest BCUT2D eigenvalue weighted by Gasteiger charge is 2.38. The predicted molar refractivity (Wildman–Crippen MR) is 161 cm³/mol. The summed E-state index contributed by atoms with van der Waals surface area (Å²) in [6.45, 7) is 15.9. The van der Waals surface area contributed by atoms with Crippen molar-refractivity contribution in [1.29, 1.82) is 0 Å². The smallest absolute Gasteiger partial charge is 0.408 e. The Kier molecular flexibility index (Phi) is 12.9. The molecule has 0 saturated heterocycles. The average Bonchev–Trinajstić information content (AvgIpc) is 2.93. The van der Waals surface area contributed by atoms with Crippen molar-refractivity contribution in [3.63, 3.8) is 0 Å². The van der Waals surface area contributed by atoms with Crippen molar-refractivity contribution in [2.75, 3.05) is 6.54 Å². The van der Waals surface area contributed by atoms with Gasteiger partial charge in [0.1, 0.15) is 17.7 Å². The van der Waals surface area contributed by atoms with Crippen LogP contribution < -0.4 is 10.6 Å². The van der Waals surface area contributed by atoms with Gasteiger partial charge in [-0.05, 0) is 55.9 Å². The van der Waals surface area contributed by atoms with E-state index in [-0.39, 0.29) is 17.7 Å². The van der Waals surface area contributed by atoms with Gasteiger partial charge in [-0.25, -0.2) is 4.79 Å². The maximum absolute atomic E-state index is 14.3. The highest BCUT2D eigenvalue weighted by Crippen LogP contribution is 2.26. The van der Waals surface area contributed by atoms with Crippen LogP contribution in [-0.4, -0.2) is 41.0 Å². The fourth-order valence-electron chi connectivity index (χ4n) is 4.41. The van der Waals surface area contributed by atoms with Crippen LogP contribution in [0.1, 0.15) is 90.0 Å². The molecule has 2 rings (SSSR count). The fraction of sp³-hybridized carbons (Fsp3) is 0.485. The number of alkyl carbamates (subject to hydrolysis) is 1. The molecule has 0 aliphatic rings. The summed E-state index contributed by atoms with van der Waals surface area (Å²) in [4.78, 5) is 42.7. The molecule has 0 aromatic heterocycles. The van der Waals surface area contributed by atoms with Gasteiger partial charge in [-0.2, -0.15) is 0 Å². The number of hydrogen-bond donors (Lipinski definition) is 2. The lowest BCUT2D eigenvalue weighted by molar-refractivity contribution is -0.143. The van der Waals surface area contributed by atoms with Crippen molar-refractivity contribution < 1.29 is 19.1 Å². The second-order valence-corrected chi connectivity index (χ2v) is 11.2. The molecular formula is C33H47N3O4. The number of ether oxygens (including phenoxy) is 1. The van der Waals surface area contributed by atoms with E-state index < -0.39 is 23.8 Å². The van der Waals surface area contributed by atoms with Gasteiger partial charge in [-0.15, -0.1) is 0 Å². The molecule has 0 bridgehead atoms. The standard InChI is InChI=1S/C33H47N3O4/c1-8-11-15-21-36(31(38)28(24(4)9-2)35-32(39)40-33(5,6)7)29(27-20-16-19-25(10-3)22-27)30(37)34-23-26-17-13-12-14-18-26/h10,12-14,16-20,22,24,28-29H,3,8-9,11,15,21,23H2,1-2,4-7H3,(H,34,37)(H,35,39). The monoisotopic (exact) mass is 549 g/mol. The second kappa shape index (κ2) is 15.8. The molecule has 3 atom stereocenters. The SMILES string of the molecule is C=Cc1cccc(C(C(=O)NCc2ccccc2)N(CCCCC)C(=O)C(NC(=O)OC(C)(C)C)C(C)CC)c1. The normalized spacial score (nSPS) is 13.4. The van der Waals surface area contributed by atoms with Gasteiger partial charge >= 0.3 is 6.09 Å². The highest BCUT2D eigenvalue weighted by atomic mass is 16.6. The summed E-state index contributed by atoms with van der Waals surface area (Å²) in [5.41, 5.74) is 1.79. The molecule has 0 radical (unpaired) electrons. The van der Waals surface area contributed by atoms with E-state index in [4.69, 9.17) is 4.74 Å². The summed E-state index contributed by atoms with van der Waals surface area (Å²) in [5, 5.41) is 5.86. The Morgan fingerprint density at radius 2 is 1.73 bits per heavy atom. The molecule has 40 heavy (non-hydrogen) atoms. The van der Waals surface area contributed by atoms with E-state index in [2.05, 4.69) is 24.1 Å². The summed E-state index contributed by atoms with van der Waals surface area (Å²) in [7, 11) is 0. The van der Waals surface area contributed by atoms with Crippen molar-refractivity contribution in [2.45, 2.75) is 91.5 Å². The summed E-state index contributed by atoms with van der Waals surface area (Å²) in [6.07, 6.45) is 4.32. The molecule has 0 heterocycles. The first-order valence-electron chi connectivity index (χ1n) is 14.3. The second-order valence-electron chi connectivity index (χ2n) is 11.2. The van der Waals surface area contributed by atoms with Crippen LogP contribution >= 0.6 is 0 Å². The molecule has 7 heteroatoms. The van der Waals surface area contributed by atoms with Crippen LogP contribution in [0.2, 0.25) is 0 Å². The first-order chi connectivity index (χ1) is 19.0. The molecule has 2 aromatic rings. The third-order valence-electron chi connectivity index (χ3n) is 6.77. The van der Waals surface area contributed by atoms with Gasteiger partial charge in [0.25, 0.3) is 0 Å². The van der Waals surface area contributed by atoms with Gasteiger partial charge in [-0.1, -0.05) is 101 Å². The lowest BCUT2D eigenvalue weighted by atomic mass is 9.95. The summed E-state index contributed by atoms with van der Waals surface area (Å²) < 4.78 is 5.49. The lowest BCUT2D eigenvalue weighted by Crippen LogP contribution is -2.55. The Bertz CT molecular complexity index is 1110. The molecule has 2 aromatic carbocycles. The maximum atomic E-state index is 14.3. The zero-order valence-electron chi connectivity index (χ0n) is 25.0. The Labute approximate surface area is 240 Å². The zero-order valence-corrected chi connectivity index (χ0v) is 25.0. The lowest BCUT2D eigenvalue weighted by Gasteiger charge is -2.36. The minimum absolute atomic E-state index is 0.179. The minimum Gasteiger partial charge on any atom is -0.444 e. The fourth-order valence-corrected chi connectivity index (χ4v) is 4.41. The number of carbonyl (C=O) groups is 3. The van der Waals surface area contributed by atoms with Crippen molar-refractivity contribution in [3.05, 3.63) is 77.9 Å². The Morgan fingerprint density at radius 1 is 1.02 bits per heavy atom. The molecule has 0 aliphatic heterocycles. The van der Waals surface area contributed by atoms with E-state index in [1.54, 1.807) is 31.7 Å². The number of benzene rings is 2. The Morgan fingerprint density at radius 3 is 2.33 bits per heavy atom. The van der Waals surface area contributed by atoms with Gasteiger partial charge in [0.05, 0.1) is 0 Å². The van der Waals surface area contributed by atoms with Gasteiger partial charge in [0, 0.05) is 13.1 Å². The number of nitrogens with zero attached hydrogens (tertiary/aromatic N) is 1. The quantitative estimate of drug-likeness (QED) is 0.259. The number of unbranched alkanes of at least 4 members (excludes halogenated alkanes) is 2. The largest absolute Gasteiger partial charge is 0.444 e. The van der Waals surface area contributed by atoms with Crippen LogP contribution in [0.3, 0.4) is 0 Å². The molecule has 0 spiro atoms. The van der Waals surface area contributed by atoms with E-state index in [1.807, 2.05) is 68.4 Å². The molecule has 0 saturated carbocycles. The van der Waals surface area contributed by atoms with E-state index in [9.17, 15) is 14.4 Å². The number of hydrogen-bond acceptors (Lipinski definition) is 4. The van der Waals surface area contributed by atoms with Gasteiger partial charge < -0.3 is 20.3 Å². The highest BCUT2D eigenvalue weighted by molar-refractivity contribution is 5.92. The topological polar surface area (TPSA) is 87.7 Å². The third-order valence-corrected chi connectivity index (χ3v) is 6.77. The van der Waals surface area contributed by atoms with Crippen molar-refractivity contribution >= 4 is 24.0 Å². The molecule has 7 nitrogen and oxygen atoms in total. The first-order valence-corrected chi connectivity index (χ1v) is 14.3. The van der Waals surface area contributed by atoms with Crippen LogP contribution in [0, 0.1) is 5.92 Å². The predicted octanol–water partition coefficient (Wildman–Crippen LogP) is 6.65. The Hall–Kier alpha value is -3.61. The average molecular weight is 550 g/mol. The van der Waals surface area contributed by atoms with Crippen LogP contribution in [0.15, 0.2) is 61.2 Å². The number of carbonyl (C=O) groups excluding carboxylic acids is 3. The first kappa shape index (κ1) is 32.6. The maximum Gasteiger partial charge on any atom is 0.408 e. The molecule has 3 unspecified atom stereocenters. The number of amides is 3. The van der Waals surface area contributed by atoms with Crippen LogP contribution in [0.25, 0.3) is 6.08 Å². The molecule has 3 amide bonds. The number of nitrogens with one attached hydrogen (secondary N) is 2. The van der Waals surface area contributed by atoms with Gasteiger partial charge in [0.15, 0.2) is 0 Å². The molecule has 218 valence electrons. The molecular weight excluding hydrogens is 502 g/mol. The van der Waals surface area contributed by atoms with E-state index in [0.717, 1.165) is 30.4 Å². The van der Waals surface area contributed by atoms with E-state index in [1.165, 1.54) is 0 Å². The minimum atomic E-state index is -0.889. The van der Waals surface area contributed by atoms with E-state index in [0.29, 0.717) is 25.1 Å². The van der Waals surface area contributed by atoms with Crippen molar-refractivity contribution in [2.24, 2.45) is 5.92 Å². The molecule has 0 fully saturated rings. The number of rotatable bonds is 14. The third kappa shape index (κ3) is 10.2. The Balaban J connectivity index is 2.52. The molecule has 0 aliphatic carbocycles. The zero-order chi connectivity index (χ0) is 29.7. The van der Waals surface area contributed by atoms with Crippen molar-refractivity contribution in [1.82, 2.24) is 15.5 Å². The van der Waals surface area contributed by atoms with Gasteiger partial charge in [-0.3, -0.25) is 9.59 Å². The summed E-state index contributed by atoms with van der Waals surface area (Å²) in [5.74, 6) is -0.767. The van der Waals surface area contributed by atoms with Crippen LogP contribution in [0.4, 0.5) is 4.79 Å². The van der Waals surface area contributed by atoms with Gasteiger partial charge in [0.2, 0.25) is 11.8 Å².